The van der Waals surface area contributed by atoms with Gasteiger partial charge in [-0.25, -0.2) is 0 Å². The zero-order chi connectivity index (χ0) is 15.0. The molecule has 0 N–H and O–H groups in total. The highest BCUT2D eigenvalue weighted by atomic mass is 15.2. The lowest BCUT2D eigenvalue weighted by atomic mass is 10.0. The monoisotopic (exact) mass is 271 g/mol. The van der Waals surface area contributed by atoms with Crippen LogP contribution in [0.25, 0.3) is 0 Å². The number of hydrogen-bond acceptors (Lipinski definition) is 1. The minimum absolute atomic E-state index is 0.388. The Hall–Kier alpha value is -1.50. The molecule has 1 atom stereocenters. The van der Waals surface area contributed by atoms with Crippen molar-refractivity contribution in [1.82, 2.24) is 0 Å². The van der Waals surface area contributed by atoms with Crippen molar-refractivity contribution in [2.24, 2.45) is 0 Å². The standard InChI is InChI=1S/C19H29N/c1-6-9-10-14-18(8-3)20(15-7-2)19-16(4)12-11-13-17(19)5/h7-8,11-13,18H,2-3,6,9-10,14-15H2,1,4-5H3. The maximum atomic E-state index is 4.05. The predicted molar refractivity (Wildman–Crippen MR) is 91.6 cm³/mol. The van der Waals surface area contributed by atoms with Gasteiger partial charge in [0.25, 0.3) is 0 Å². The van der Waals surface area contributed by atoms with E-state index in [4.69, 9.17) is 0 Å². The summed E-state index contributed by atoms with van der Waals surface area (Å²) in [4.78, 5) is 2.44. The molecule has 0 heterocycles. The van der Waals surface area contributed by atoms with Crippen LogP contribution < -0.4 is 4.90 Å². The molecule has 0 amide bonds. The van der Waals surface area contributed by atoms with Crippen LogP contribution in [0.4, 0.5) is 5.69 Å². The van der Waals surface area contributed by atoms with E-state index >= 15 is 0 Å². The fourth-order valence-electron chi connectivity index (χ4n) is 2.79. The zero-order valence-electron chi connectivity index (χ0n) is 13.4. The highest BCUT2D eigenvalue weighted by Gasteiger charge is 2.17. The normalized spacial score (nSPS) is 11.9. The minimum Gasteiger partial charge on any atom is -0.361 e. The maximum Gasteiger partial charge on any atom is 0.0474 e. The number of para-hydroxylation sites is 1. The topological polar surface area (TPSA) is 3.24 Å². The lowest BCUT2D eigenvalue weighted by Gasteiger charge is -2.33. The second-order valence-corrected chi connectivity index (χ2v) is 5.48. The first-order chi connectivity index (χ1) is 9.65. The predicted octanol–water partition coefficient (Wildman–Crippen LogP) is 5.43. The Morgan fingerprint density at radius 2 is 1.80 bits per heavy atom. The molecule has 0 aliphatic carbocycles. The van der Waals surface area contributed by atoms with Crippen molar-refractivity contribution >= 4 is 5.69 Å². The third-order valence-electron chi connectivity index (χ3n) is 3.83. The summed E-state index contributed by atoms with van der Waals surface area (Å²) in [7, 11) is 0. The van der Waals surface area contributed by atoms with Crippen LogP contribution in [0.2, 0.25) is 0 Å². The van der Waals surface area contributed by atoms with Gasteiger partial charge in [-0.05, 0) is 31.4 Å². The zero-order valence-corrected chi connectivity index (χ0v) is 13.4. The van der Waals surface area contributed by atoms with E-state index in [9.17, 15) is 0 Å². The number of rotatable bonds is 9. The maximum absolute atomic E-state index is 4.05. The molecule has 0 radical (unpaired) electrons. The van der Waals surface area contributed by atoms with Gasteiger partial charge in [0.15, 0.2) is 0 Å². The number of benzene rings is 1. The fraction of sp³-hybridized carbons (Fsp3) is 0.474. The summed E-state index contributed by atoms with van der Waals surface area (Å²) in [5.41, 5.74) is 4.00. The number of anilines is 1. The summed E-state index contributed by atoms with van der Waals surface area (Å²) in [6.07, 6.45) is 9.05. The van der Waals surface area contributed by atoms with E-state index in [1.54, 1.807) is 0 Å². The Kier molecular flexibility index (Phi) is 7.14. The van der Waals surface area contributed by atoms with E-state index in [2.05, 4.69) is 63.1 Å². The van der Waals surface area contributed by atoms with E-state index in [-0.39, 0.29) is 0 Å². The van der Waals surface area contributed by atoms with Gasteiger partial charge in [0.1, 0.15) is 0 Å². The SMILES string of the molecule is C=CCN(c1c(C)cccc1C)C(C=C)CCCCC. The van der Waals surface area contributed by atoms with Gasteiger partial charge >= 0.3 is 0 Å². The number of nitrogens with zero attached hydrogens (tertiary/aromatic N) is 1. The lowest BCUT2D eigenvalue weighted by Crippen LogP contribution is -2.35. The van der Waals surface area contributed by atoms with Gasteiger partial charge in [0.2, 0.25) is 0 Å². The first kappa shape index (κ1) is 16.6. The van der Waals surface area contributed by atoms with Crippen molar-refractivity contribution in [3.8, 4) is 0 Å². The van der Waals surface area contributed by atoms with Gasteiger partial charge < -0.3 is 4.90 Å². The molecule has 1 aromatic rings. The molecule has 20 heavy (non-hydrogen) atoms. The first-order valence-electron chi connectivity index (χ1n) is 7.72. The van der Waals surface area contributed by atoms with E-state index in [1.807, 2.05) is 6.08 Å². The van der Waals surface area contributed by atoms with E-state index in [1.165, 1.54) is 42.5 Å². The average Bonchev–Trinajstić information content (AvgIpc) is 2.43. The molecule has 0 saturated heterocycles. The average molecular weight is 271 g/mol. The molecule has 1 heteroatoms. The summed E-state index contributed by atoms with van der Waals surface area (Å²) < 4.78 is 0. The molecule has 0 aliphatic heterocycles. The smallest absolute Gasteiger partial charge is 0.0474 e. The van der Waals surface area contributed by atoms with Crippen molar-refractivity contribution in [2.45, 2.75) is 52.5 Å². The number of hydrogen-bond donors (Lipinski definition) is 0. The van der Waals surface area contributed by atoms with Crippen LogP contribution in [-0.2, 0) is 0 Å². The van der Waals surface area contributed by atoms with Crippen molar-refractivity contribution in [3.63, 3.8) is 0 Å². The van der Waals surface area contributed by atoms with Crippen molar-refractivity contribution in [2.75, 3.05) is 11.4 Å². The summed E-state index contributed by atoms with van der Waals surface area (Å²) in [6.45, 7) is 15.5. The quantitative estimate of drug-likeness (QED) is 0.427. The highest BCUT2D eigenvalue weighted by molar-refractivity contribution is 5.60. The number of unbranched alkanes of at least 4 members (excludes halogenated alkanes) is 2. The summed E-state index contributed by atoms with van der Waals surface area (Å²) >= 11 is 0. The summed E-state index contributed by atoms with van der Waals surface area (Å²) in [5.74, 6) is 0. The van der Waals surface area contributed by atoms with Crippen LogP contribution in [0.5, 0.6) is 0 Å². The Labute approximate surface area is 125 Å². The van der Waals surface area contributed by atoms with Crippen molar-refractivity contribution in [1.29, 1.82) is 0 Å². The Morgan fingerprint density at radius 3 is 2.30 bits per heavy atom. The van der Waals surface area contributed by atoms with Crippen LogP contribution in [0.3, 0.4) is 0 Å². The Morgan fingerprint density at radius 1 is 1.15 bits per heavy atom. The molecule has 1 aromatic carbocycles. The third kappa shape index (κ3) is 4.26. The molecule has 0 bridgehead atoms. The second-order valence-electron chi connectivity index (χ2n) is 5.48. The third-order valence-corrected chi connectivity index (χ3v) is 3.83. The number of aryl methyl sites for hydroxylation is 2. The van der Waals surface area contributed by atoms with Gasteiger partial charge in [0, 0.05) is 18.3 Å². The Balaban J connectivity index is 3.01. The van der Waals surface area contributed by atoms with Gasteiger partial charge in [-0.1, -0.05) is 56.5 Å². The van der Waals surface area contributed by atoms with Crippen LogP contribution in [0, 0.1) is 13.8 Å². The molecule has 0 aromatic heterocycles. The fourth-order valence-corrected chi connectivity index (χ4v) is 2.79. The van der Waals surface area contributed by atoms with Crippen LogP contribution in [0.15, 0.2) is 43.5 Å². The van der Waals surface area contributed by atoms with Crippen molar-refractivity contribution in [3.05, 3.63) is 54.6 Å². The lowest BCUT2D eigenvalue weighted by molar-refractivity contribution is 0.592. The molecule has 1 rings (SSSR count). The molecule has 0 spiro atoms. The van der Waals surface area contributed by atoms with Gasteiger partial charge in [-0.15, -0.1) is 13.2 Å². The van der Waals surface area contributed by atoms with E-state index in [0.29, 0.717) is 6.04 Å². The molecule has 0 fully saturated rings. The molecule has 0 saturated carbocycles. The molecule has 0 aliphatic rings. The molecule has 1 unspecified atom stereocenters. The van der Waals surface area contributed by atoms with Crippen LogP contribution in [-0.4, -0.2) is 12.6 Å². The van der Waals surface area contributed by atoms with Crippen molar-refractivity contribution < 1.29 is 0 Å². The highest BCUT2D eigenvalue weighted by Crippen LogP contribution is 2.28. The largest absolute Gasteiger partial charge is 0.361 e. The van der Waals surface area contributed by atoms with Gasteiger partial charge in [-0.3, -0.25) is 0 Å². The summed E-state index contributed by atoms with van der Waals surface area (Å²) in [5, 5.41) is 0. The minimum atomic E-state index is 0.388. The van der Waals surface area contributed by atoms with Gasteiger partial charge in [0.05, 0.1) is 0 Å². The van der Waals surface area contributed by atoms with Crippen LogP contribution >= 0.6 is 0 Å². The summed E-state index contributed by atoms with van der Waals surface area (Å²) in [6, 6.07) is 6.88. The van der Waals surface area contributed by atoms with Gasteiger partial charge in [-0.2, -0.15) is 0 Å². The second kappa shape index (κ2) is 8.63. The first-order valence-corrected chi connectivity index (χ1v) is 7.72. The Bertz CT molecular complexity index is 413. The molecular weight excluding hydrogens is 242 g/mol. The van der Waals surface area contributed by atoms with Crippen LogP contribution in [0.1, 0.15) is 43.7 Å². The molecule has 1 nitrogen and oxygen atoms in total. The van der Waals surface area contributed by atoms with E-state index < -0.39 is 0 Å². The molecule has 110 valence electrons. The molecular formula is C19H29N. The van der Waals surface area contributed by atoms with E-state index in [0.717, 1.165) is 6.54 Å².